The first-order valence-corrected chi connectivity index (χ1v) is 8.32. The Bertz CT molecular complexity index is 838. The highest BCUT2D eigenvalue weighted by Crippen LogP contribution is 2.27. The first kappa shape index (κ1) is 18.9. The molecule has 0 aliphatic carbocycles. The van der Waals surface area contributed by atoms with E-state index in [2.05, 4.69) is 10.1 Å². The average molecular weight is 367 g/mol. The molecule has 8 heteroatoms. The van der Waals surface area contributed by atoms with E-state index < -0.39 is 11.8 Å². The second kappa shape index (κ2) is 8.57. The van der Waals surface area contributed by atoms with Crippen LogP contribution in [0.5, 0.6) is 5.75 Å². The number of methoxy groups -OCH3 is 1. The van der Waals surface area contributed by atoms with Crippen LogP contribution in [0.3, 0.4) is 0 Å². The number of hydrogen-bond donors (Lipinski definition) is 0. The summed E-state index contributed by atoms with van der Waals surface area (Å²) in [7, 11) is 1.89. The molecule has 0 aliphatic heterocycles. The van der Waals surface area contributed by atoms with Crippen LogP contribution in [0.1, 0.15) is 0 Å². The molecule has 2 aromatic heterocycles. The summed E-state index contributed by atoms with van der Waals surface area (Å²) in [6.45, 7) is 0. The molecule has 25 heavy (non-hydrogen) atoms. The van der Waals surface area contributed by atoms with E-state index in [0.717, 1.165) is 4.90 Å². The maximum Gasteiger partial charge on any atom is 0.233 e. The molecular weight excluding hydrogens is 351 g/mol. The van der Waals surface area contributed by atoms with Crippen molar-refractivity contribution in [2.45, 2.75) is 4.90 Å². The van der Waals surface area contributed by atoms with Crippen LogP contribution in [-0.2, 0) is 0 Å². The molecule has 3 rings (SSSR count). The van der Waals surface area contributed by atoms with Crippen LogP contribution in [-0.4, -0.2) is 35.3 Å². The lowest BCUT2D eigenvalue weighted by Crippen LogP contribution is -2.02. The summed E-state index contributed by atoms with van der Waals surface area (Å²) in [5.74, 6) is -0.600. The lowest BCUT2D eigenvalue weighted by atomic mass is 10.1. The third-order valence-electron chi connectivity index (χ3n) is 3.30. The molecule has 0 bridgehead atoms. The molecule has 1 aromatic carbocycles. The number of benzene rings is 1. The summed E-state index contributed by atoms with van der Waals surface area (Å²) in [6.07, 6.45) is 3.62. The van der Waals surface area contributed by atoms with Gasteiger partial charge in [-0.15, -0.1) is 16.9 Å². The van der Waals surface area contributed by atoms with Crippen molar-refractivity contribution in [2.24, 2.45) is 0 Å². The molecular formula is C17H16F3N3OS. The standard InChI is InChI=1S/C16H13F2N3OS.CH3F/c1-22-14-5-3-10(7-12(14)17)13-8-15(18)20-21(13)16-6-4-11(23-2)9-19-16;1-2/h3-9H,1-2H3;1H3. The third kappa shape index (κ3) is 4.14. The molecule has 0 saturated heterocycles. The number of aromatic nitrogens is 3. The van der Waals surface area contributed by atoms with Gasteiger partial charge in [0.25, 0.3) is 0 Å². The monoisotopic (exact) mass is 367 g/mol. The fourth-order valence-corrected chi connectivity index (χ4v) is 2.54. The maximum absolute atomic E-state index is 13.9. The number of rotatable bonds is 4. The molecule has 0 saturated carbocycles. The van der Waals surface area contributed by atoms with Crippen molar-refractivity contribution in [3.05, 3.63) is 54.4 Å². The Morgan fingerprint density at radius 3 is 2.40 bits per heavy atom. The van der Waals surface area contributed by atoms with E-state index >= 15 is 0 Å². The van der Waals surface area contributed by atoms with E-state index in [1.807, 2.05) is 12.3 Å². The number of hydrogen-bond acceptors (Lipinski definition) is 4. The van der Waals surface area contributed by atoms with Gasteiger partial charge in [0.05, 0.1) is 20.0 Å². The van der Waals surface area contributed by atoms with Gasteiger partial charge >= 0.3 is 0 Å². The second-order valence-corrected chi connectivity index (χ2v) is 5.55. The van der Waals surface area contributed by atoms with Crippen molar-refractivity contribution in [3.8, 4) is 22.8 Å². The summed E-state index contributed by atoms with van der Waals surface area (Å²) in [5.41, 5.74) is 0.892. The maximum atomic E-state index is 13.9. The zero-order valence-electron chi connectivity index (χ0n) is 13.8. The lowest BCUT2D eigenvalue weighted by Gasteiger charge is -2.08. The summed E-state index contributed by atoms with van der Waals surface area (Å²) in [4.78, 5) is 5.25. The van der Waals surface area contributed by atoms with Crippen LogP contribution in [0.2, 0.25) is 0 Å². The quantitative estimate of drug-likeness (QED) is 0.635. The number of ether oxygens (including phenoxy) is 1. The summed E-state index contributed by atoms with van der Waals surface area (Å²) < 4.78 is 43.3. The Labute approximate surface area is 147 Å². The number of halogens is 3. The molecule has 2 heterocycles. The highest BCUT2D eigenvalue weighted by molar-refractivity contribution is 7.98. The molecule has 0 amide bonds. The van der Waals surface area contributed by atoms with Crippen LogP contribution in [0.25, 0.3) is 17.1 Å². The molecule has 0 unspecified atom stereocenters. The van der Waals surface area contributed by atoms with Crippen molar-refractivity contribution in [1.29, 1.82) is 0 Å². The normalized spacial score (nSPS) is 10.2. The van der Waals surface area contributed by atoms with Gasteiger partial charge in [-0.1, -0.05) is 0 Å². The molecule has 0 spiro atoms. The van der Waals surface area contributed by atoms with Crippen LogP contribution >= 0.6 is 11.8 Å². The highest BCUT2D eigenvalue weighted by atomic mass is 32.2. The molecule has 4 nitrogen and oxygen atoms in total. The minimum Gasteiger partial charge on any atom is -0.494 e. The van der Waals surface area contributed by atoms with Gasteiger partial charge in [0.1, 0.15) is 0 Å². The topological polar surface area (TPSA) is 39.9 Å². The van der Waals surface area contributed by atoms with Crippen molar-refractivity contribution in [2.75, 3.05) is 20.5 Å². The highest BCUT2D eigenvalue weighted by Gasteiger charge is 2.14. The summed E-state index contributed by atoms with van der Waals surface area (Å²) in [6, 6.07) is 9.26. The molecule has 132 valence electrons. The van der Waals surface area contributed by atoms with Gasteiger partial charge in [0.2, 0.25) is 5.95 Å². The van der Waals surface area contributed by atoms with E-state index in [0.29, 0.717) is 24.3 Å². The van der Waals surface area contributed by atoms with Gasteiger partial charge in [0, 0.05) is 22.7 Å². The number of pyridine rings is 1. The fraction of sp³-hybridized carbons (Fsp3) is 0.176. The van der Waals surface area contributed by atoms with Gasteiger partial charge in [-0.2, -0.15) is 4.39 Å². The predicted molar refractivity (Wildman–Crippen MR) is 92.1 cm³/mol. The van der Waals surface area contributed by atoms with Crippen LogP contribution in [0.4, 0.5) is 13.2 Å². The number of alkyl halides is 1. The second-order valence-electron chi connectivity index (χ2n) is 4.67. The molecule has 0 fully saturated rings. The Morgan fingerprint density at radius 2 is 1.84 bits per heavy atom. The summed E-state index contributed by atoms with van der Waals surface area (Å²) in [5, 5.41) is 3.81. The van der Waals surface area contributed by atoms with Crippen LogP contribution in [0, 0.1) is 11.8 Å². The van der Waals surface area contributed by atoms with Crippen LogP contribution < -0.4 is 4.74 Å². The number of nitrogens with zero attached hydrogens (tertiary/aromatic N) is 3. The van der Waals surface area contributed by atoms with E-state index in [1.165, 1.54) is 30.0 Å². The van der Waals surface area contributed by atoms with Gasteiger partial charge in [-0.3, -0.25) is 4.39 Å². The Kier molecular flexibility index (Phi) is 6.46. The lowest BCUT2D eigenvalue weighted by molar-refractivity contribution is 0.386. The minimum absolute atomic E-state index is 0.128. The molecule has 3 aromatic rings. The number of thioether (sulfide) groups is 1. The van der Waals surface area contributed by atoms with Gasteiger partial charge in [0.15, 0.2) is 17.4 Å². The SMILES string of the molecule is CF.COc1ccc(-c2cc(F)nn2-c2ccc(SC)cn2)cc1F. The predicted octanol–water partition coefficient (Wildman–Crippen LogP) is 4.53. The molecule has 0 aliphatic rings. The van der Waals surface area contributed by atoms with Crippen molar-refractivity contribution >= 4 is 11.8 Å². The van der Waals surface area contributed by atoms with Gasteiger partial charge in [-0.05, 0) is 36.6 Å². The van der Waals surface area contributed by atoms with Crippen LogP contribution in [0.15, 0.2) is 47.5 Å². The average Bonchev–Trinajstić information content (AvgIpc) is 3.05. The molecule has 0 radical (unpaired) electrons. The zero-order valence-corrected chi connectivity index (χ0v) is 14.6. The van der Waals surface area contributed by atoms with Gasteiger partial charge < -0.3 is 4.74 Å². The Balaban J connectivity index is 0.00000109. The van der Waals surface area contributed by atoms with E-state index in [1.54, 1.807) is 30.1 Å². The van der Waals surface area contributed by atoms with E-state index in [9.17, 15) is 13.2 Å². The van der Waals surface area contributed by atoms with E-state index in [-0.39, 0.29) is 5.75 Å². The summed E-state index contributed by atoms with van der Waals surface area (Å²) >= 11 is 1.55. The van der Waals surface area contributed by atoms with Crippen molar-refractivity contribution in [3.63, 3.8) is 0 Å². The largest absolute Gasteiger partial charge is 0.494 e. The smallest absolute Gasteiger partial charge is 0.233 e. The van der Waals surface area contributed by atoms with Crippen molar-refractivity contribution < 1.29 is 17.9 Å². The first-order valence-electron chi connectivity index (χ1n) is 7.10. The Morgan fingerprint density at radius 1 is 1.08 bits per heavy atom. The van der Waals surface area contributed by atoms with E-state index in [4.69, 9.17) is 4.74 Å². The minimum atomic E-state index is -0.660. The van der Waals surface area contributed by atoms with Gasteiger partial charge in [-0.25, -0.2) is 14.1 Å². The zero-order chi connectivity index (χ0) is 18.4. The fourth-order valence-electron chi connectivity index (χ4n) is 2.18. The Hall–Kier alpha value is -2.48. The molecule has 0 N–H and O–H groups in total. The third-order valence-corrected chi connectivity index (χ3v) is 4.01. The van der Waals surface area contributed by atoms with Crippen molar-refractivity contribution in [1.82, 2.24) is 14.8 Å². The first-order chi connectivity index (χ1) is 12.1. The molecule has 0 atom stereocenters.